The lowest BCUT2D eigenvalue weighted by Gasteiger charge is -2.10. The van der Waals surface area contributed by atoms with Crippen molar-refractivity contribution < 1.29 is 18.0 Å². The lowest BCUT2D eigenvalue weighted by molar-refractivity contribution is 0.101. The number of rotatable bonds is 6. The summed E-state index contributed by atoms with van der Waals surface area (Å²) in [5.74, 6) is -0.592. The second-order valence-electron chi connectivity index (χ2n) is 6.78. The molecule has 0 radical (unpaired) electrons. The first-order valence-corrected chi connectivity index (χ1v) is 11.3. The number of hydrogen-bond acceptors (Lipinski definition) is 4. The molecule has 0 saturated heterocycles. The third-order valence-electron chi connectivity index (χ3n) is 4.52. The van der Waals surface area contributed by atoms with Crippen molar-refractivity contribution in [2.24, 2.45) is 0 Å². The van der Waals surface area contributed by atoms with E-state index in [0.29, 0.717) is 28.2 Å². The largest absolute Gasteiger partial charge is 0.354 e. The first kappa shape index (κ1) is 21.8. The molecule has 0 spiro atoms. The van der Waals surface area contributed by atoms with Gasteiger partial charge in [-0.25, -0.2) is 8.42 Å². The maximum Gasteiger partial charge on any atom is 0.272 e. The molecule has 0 bridgehead atoms. The van der Waals surface area contributed by atoms with E-state index in [1.165, 1.54) is 19.1 Å². The Morgan fingerprint density at radius 3 is 2.27 bits per heavy atom. The standard InChI is InChI=1S/C21H20BrN3O4S/c1-12-19(14(3)26)13(2)23-20(12)21(27)24-17-5-4-6-18(11-17)30(28,29)25-16-9-7-15(22)8-10-16/h4-11,23,25H,1-3H3,(H,24,27). The van der Waals surface area contributed by atoms with Crippen LogP contribution in [0.2, 0.25) is 0 Å². The van der Waals surface area contributed by atoms with Crippen LogP contribution in [0.5, 0.6) is 0 Å². The van der Waals surface area contributed by atoms with Crippen LogP contribution in [0.25, 0.3) is 0 Å². The summed E-state index contributed by atoms with van der Waals surface area (Å²) in [5.41, 5.74) is 2.64. The van der Waals surface area contributed by atoms with E-state index in [2.05, 4.69) is 31.0 Å². The number of amides is 1. The number of sulfonamides is 1. The third-order valence-corrected chi connectivity index (χ3v) is 6.42. The number of aryl methyl sites for hydroxylation is 1. The van der Waals surface area contributed by atoms with Crippen molar-refractivity contribution in [3.63, 3.8) is 0 Å². The number of nitrogens with one attached hydrogen (secondary N) is 3. The Morgan fingerprint density at radius 2 is 1.67 bits per heavy atom. The molecule has 0 aliphatic heterocycles. The Hall–Kier alpha value is -2.91. The number of aromatic nitrogens is 1. The number of carbonyl (C=O) groups is 2. The monoisotopic (exact) mass is 489 g/mol. The summed E-state index contributed by atoms with van der Waals surface area (Å²) in [6.45, 7) is 4.86. The predicted octanol–water partition coefficient (Wildman–Crippen LogP) is 4.65. The zero-order valence-corrected chi connectivity index (χ0v) is 18.9. The van der Waals surface area contributed by atoms with Gasteiger partial charge in [-0.1, -0.05) is 22.0 Å². The van der Waals surface area contributed by atoms with E-state index in [1.54, 1.807) is 50.2 Å². The summed E-state index contributed by atoms with van der Waals surface area (Å²) in [6, 6.07) is 12.7. The molecular weight excluding hydrogens is 470 g/mol. The van der Waals surface area contributed by atoms with E-state index in [1.807, 2.05) is 0 Å². The predicted molar refractivity (Wildman–Crippen MR) is 120 cm³/mol. The second-order valence-corrected chi connectivity index (χ2v) is 9.37. The average molecular weight is 490 g/mol. The number of ketones is 1. The van der Waals surface area contributed by atoms with Gasteiger partial charge < -0.3 is 10.3 Å². The average Bonchev–Trinajstić information content (AvgIpc) is 2.98. The van der Waals surface area contributed by atoms with Crippen LogP contribution in [0.1, 0.15) is 39.0 Å². The summed E-state index contributed by atoms with van der Waals surface area (Å²) >= 11 is 3.30. The lowest BCUT2D eigenvalue weighted by atomic mass is 10.1. The molecule has 3 aromatic rings. The van der Waals surface area contributed by atoms with Gasteiger partial charge >= 0.3 is 0 Å². The first-order valence-electron chi connectivity index (χ1n) is 8.98. The van der Waals surface area contributed by atoms with Gasteiger partial charge in [0.1, 0.15) is 5.69 Å². The Bertz CT molecular complexity index is 1230. The maximum absolute atomic E-state index is 12.7. The fourth-order valence-electron chi connectivity index (χ4n) is 3.17. The number of aromatic amines is 1. The van der Waals surface area contributed by atoms with Gasteiger partial charge in [-0.05, 0) is 68.8 Å². The molecule has 3 N–H and O–H groups in total. The van der Waals surface area contributed by atoms with Crippen LogP contribution in [0, 0.1) is 13.8 Å². The molecule has 1 aromatic heterocycles. The number of benzene rings is 2. The quantitative estimate of drug-likeness (QED) is 0.437. The zero-order valence-electron chi connectivity index (χ0n) is 16.5. The van der Waals surface area contributed by atoms with Crippen molar-refractivity contribution in [3.8, 4) is 0 Å². The van der Waals surface area contributed by atoms with Crippen LogP contribution < -0.4 is 10.0 Å². The highest BCUT2D eigenvalue weighted by atomic mass is 79.9. The van der Waals surface area contributed by atoms with E-state index in [9.17, 15) is 18.0 Å². The van der Waals surface area contributed by atoms with Crippen LogP contribution in [-0.2, 0) is 10.0 Å². The molecule has 1 amide bonds. The fraction of sp³-hybridized carbons (Fsp3) is 0.143. The normalized spacial score (nSPS) is 11.2. The molecule has 7 nitrogen and oxygen atoms in total. The Kier molecular flexibility index (Phi) is 6.14. The number of hydrogen-bond donors (Lipinski definition) is 3. The van der Waals surface area contributed by atoms with Crippen LogP contribution >= 0.6 is 15.9 Å². The molecule has 0 aliphatic carbocycles. The third kappa shape index (κ3) is 4.63. The van der Waals surface area contributed by atoms with Crippen molar-refractivity contribution in [1.82, 2.24) is 4.98 Å². The smallest absolute Gasteiger partial charge is 0.272 e. The summed E-state index contributed by atoms with van der Waals surface area (Å²) < 4.78 is 28.7. The Morgan fingerprint density at radius 1 is 1.00 bits per heavy atom. The van der Waals surface area contributed by atoms with E-state index < -0.39 is 15.9 Å². The number of anilines is 2. The molecule has 30 heavy (non-hydrogen) atoms. The molecule has 0 unspecified atom stereocenters. The van der Waals surface area contributed by atoms with Gasteiger partial charge in [-0.2, -0.15) is 0 Å². The molecule has 1 heterocycles. The number of Topliss-reactive ketones (excluding diaryl/α,β-unsaturated/α-hetero) is 1. The fourth-order valence-corrected chi connectivity index (χ4v) is 4.54. The Balaban J connectivity index is 1.83. The van der Waals surface area contributed by atoms with Crippen molar-refractivity contribution in [3.05, 3.63) is 75.5 Å². The Labute approximate surface area is 183 Å². The van der Waals surface area contributed by atoms with Crippen molar-refractivity contribution in [1.29, 1.82) is 0 Å². The minimum absolute atomic E-state index is 0.00651. The highest BCUT2D eigenvalue weighted by molar-refractivity contribution is 9.10. The van der Waals surface area contributed by atoms with E-state index in [0.717, 1.165) is 4.47 Å². The molecule has 3 rings (SSSR count). The summed E-state index contributed by atoms with van der Waals surface area (Å²) in [5, 5.41) is 2.68. The van der Waals surface area contributed by atoms with Gasteiger partial charge in [0, 0.05) is 27.1 Å². The molecular formula is C21H20BrN3O4S. The van der Waals surface area contributed by atoms with Gasteiger partial charge in [-0.15, -0.1) is 0 Å². The van der Waals surface area contributed by atoms with Crippen LogP contribution in [0.15, 0.2) is 57.9 Å². The first-order chi connectivity index (χ1) is 14.1. The van der Waals surface area contributed by atoms with E-state index in [-0.39, 0.29) is 16.4 Å². The lowest BCUT2D eigenvalue weighted by Crippen LogP contribution is -2.16. The van der Waals surface area contributed by atoms with E-state index >= 15 is 0 Å². The summed E-state index contributed by atoms with van der Waals surface area (Å²) in [4.78, 5) is 27.4. The highest BCUT2D eigenvalue weighted by Gasteiger charge is 2.21. The number of halogens is 1. The summed E-state index contributed by atoms with van der Waals surface area (Å²) in [7, 11) is -3.84. The van der Waals surface area contributed by atoms with Gasteiger partial charge in [0.2, 0.25) is 0 Å². The SMILES string of the molecule is CC(=O)c1c(C)[nH]c(C(=O)Nc2cccc(S(=O)(=O)Nc3ccc(Br)cc3)c2)c1C. The molecule has 156 valence electrons. The molecule has 0 atom stereocenters. The second kappa shape index (κ2) is 8.45. The maximum atomic E-state index is 12.7. The zero-order chi connectivity index (χ0) is 22.1. The summed E-state index contributed by atoms with van der Waals surface area (Å²) in [6.07, 6.45) is 0. The van der Waals surface area contributed by atoms with Crippen molar-refractivity contribution >= 4 is 49.0 Å². The minimum atomic E-state index is -3.84. The van der Waals surface area contributed by atoms with Gasteiger partial charge in [0.05, 0.1) is 4.90 Å². The highest BCUT2D eigenvalue weighted by Crippen LogP contribution is 2.23. The molecule has 9 heteroatoms. The molecule has 0 fully saturated rings. The van der Waals surface area contributed by atoms with Crippen LogP contribution in [0.4, 0.5) is 11.4 Å². The topological polar surface area (TPSA) is 108 Å². The van der Waals surface area contributed by atoms with Gasteiger partial charge in [0.25, 0.3) is 15.9 Å². The molecule has 0 aliphatic rings. The van der Waals surface area contributed by atoms with Crippen LogP contribution in [-0.4, -0.2) is 25.1 Å². The van der Waals surface area contributed by atoms with Crippen molar-refractivity contribution in [2.45, 2.75) is 25.7 Å². The minimum Gasteiger partial charge on any atom is -0.354 e. The number of carbonyl (C=O) groups excluding carboxylic acids is 2. The molecule has 2 aromatic carbocycles. The van der Waals surface area contributed by atoms with Gasteiger partial charge in [0.15, 0.2) is 5.78 Å². The van der Waals surface area contributed by atoms with Crippen LogP contribution in [0.3, 0.4) is 0 Å². The number of H-pyrrole nitrogens is 1. The van der Waals surface area contributed by atoms with Gasteiger partial charge in [-0.3, -0.25) is 14.3 Å². The van der Waals surface area contributed by atoms with Crippen molar-refractivity contribution in [2.75, 3.05) is 10.0 Å². The van der Waals surface area contributed by atoms with E-state index in [4.69, 9.17) is 0 Å². The molecule has 0 saturated carbocycles.